The molecule has 1 aromatic heterocycles. The number of amides is 1. The molecule has 6 heteroatoms. The van der Waals surface area contributed by atoms with Crippen LogP contribution in [0.1, 0.15) is 37.0 Å². The summed E-state index contributed by atoms with van der Waals surface area (Å²) in [4.78, 5) is 23.3. The van der Waals surface area contributed by atoms with E-state index in [9.17, 15) is 4.79 Å². The van der Waals surface area contributed by atoms with Crippen molar-refractivity contribution in [2.24, 2.45) is 0 Å². The molecule has 0 radical (unpaired) electrons. The standard InChI is InChI=1S/C19H25N5O/c1-14(2)22-16-7-3-6-15(12-16)18(25)23-17-8-4-11-24(13-17)19-20-9-5-10-21-19/h3,5-7,9-10,12,14,17,22H,4,8,11,13H2,1-2H3,(H,23,25)/t17-/m1/s1. The van der Waals surface area contributed by atoms with Crippen LogP contribution in [0.3, 0.4) is 0 Å². The molecule has 132 valence electrons. The van der Waals surface area contributed by atoms with Crippen LogP contribution in [0.4, 0.5) is 11.6 Å². The van der Waals surface area contributed by atoms with Crippen LogP contribution in [-0.2, 0) is 0 Å². The third-order valence-electron chi connectivity index (χ3n) is 4.17. The Morgan fingerprint density at radius 3 is 2.80 bits per heavy atom. The Hall–Kier alpha value is -2.63. The minimum Gasteiger partial charge on any atom is -0.383 e. The fourth-order valence-corrected chi connectivity index (χ4v) is 3.08. The molecule has 0 spiro atoms. The minimum absolute atomic E-state index is 0.0340. The number of carbonyl (C=O) groups is 1. The quantitative estimate of drug-likeness (QED) is 0.876. The van der Waals surface area contributed by atoms with Gasteiger partial charge in [-0.1, -0.05) is 6.07 Å². The minimum atomic E-state index is -0.0340. The fraction of sp³-hybridized carbons (Fsp3) is 0.421. The highest BCUT2D eigenvalue weighted by atomic mass is 16.1. The summed E-state index contributed by atoms with van der Waals surface area (Å²) >= 11 is 0. The molecule has 1 amide bonds. The molecule has 1 aliphatic rings. The molecule has 1 saturated heterocycles. The molecule has 2 heterocycles. The van der Waals surface area contributed by atoms with E-state index in [2.05, 4.69) is 39.3 Å². The Morgan fingerprint density at radius 2 is 2.04 bits per heavy atom. The number of anilines is 2. The number of nitrogens with zero attached hydrogens (tertiary/aromatic N) is 3. The molecule has 2 aromatic rings. The third-order valence-corrected chi connectivity index (χ3v) is 4.17. The Labute approximate surface area is 148 Å². The number of hydrogen-bond acceptors (Lipinski definition) is 5. The molecular weight excluding hydrogens is 314 g/mol. The van der Waals surface area contributed by atoms with E-state index in [1.807, 2.05) is 30.3 Å². The van der Waals surface area contributed by atoms with E-state index in [4.69, 9.17) is 0 Å². The van der Waals surface area contributed by atoms with Crippen LogP contribution in [0.25, 0.3) is 0 Å². The second-order valence-corrected chi connectivity index (χ2v) is 6.69. The molecule has 25 heavy (non-hydrogen) atoms. The van der Waals surface area contributed by atoms with E-state index in [1.54, 1.807) is 12.4 Å². The fourth-order valence-electron chi connectivity index (χ4n) is 3.08. The maximum absolute atomic E-state index is 12.6. The number of benzene rings is 1. The first kappa shape index (κ1) is 17.2. The highest BCUT2D eigenvalue weighted by molar-refractivity contribution is 5.95. The second-order valence-electron chi connectivity index (χ2n) is 6.69. The lowest BCUT2D eigenvalue weighted by atomic mass is 10.1. The lowest BCUT2D eigenvalue weighted by molar-refractivity contribution is 0.0933. The van der Waals surface area contributed by atoms with E-state index < -0.39 is 0 Å². The smallest absolute Gasteiger partial charge is 0.251 e. The van der Waals surface area contributed by atoms with E-state index in [0.717, 1.165) is 37.6 Å². The Bertz CT molecular complexity index is 704. The maximum Gasteiger partial charge on any atom is 0.251 e. The zero-order valence-electron chi connectivity index (χ0n) is 14.8. The number of nitrogens with one attached hydrogen (secondary N) is 2. The van der Waals surface area contributed by atoms with E-state index in [1.165, 1.54) is 0 Å². The van der Waals surface area contributed by atoms with Gasteiger partial charge in [-0.3, -0.25) is 4.79 Å². The van der Waals surface area contributed by atoms with Crippen molar-refractivity contribution < 1.29 is 4.79 Å². The van der Waals surface area contributed by atoms with Crippen LogP contribution < -0.4 is 15.5 Å². The predicted molar refractivity (Wildman–Crippen MR) is 99.9 cm³/mol. The van der Waals surface area contributed by atoms with Crippen LogP contribution in [0.15, 0.2) is 42.7 Å². The van der Waals surface area contributed by atoms with Crippen molar-refractivity contribution in [2.45, 2.75) is 38.8 Å². The van der Waals surface area contributed by atoms with Gasteiger partial charge < -0.3 is 15.5 Å². The van der Waals surface area contributed by atoms with Gasteiger partial charge in [0.15, 0.2) is 0 Å². The normalized spacial score (nSPS) is 17.4. The topological polar surface area (TPSA) is 70.2 Å². The molecule has 1 aliphatic heterocycles. The molecule has 3 rings (SSSR count). The summed E-state index contributed by atoms with van der Waals surface area (Å²) in [7, 11) is 0. The van der Waals surface area contributed by atoms with Crippen LogP contribution in [0, 0.1) is 0 Å². The van der Waals surface area contributed by atoms with Gasteiger partial charge in [0.25, 0.3) is 5.91 Å². The molecular formula is C19H25N5O. The third kappa shape index (κ3) is 4.68. The number of aromatic nitrogens is 2. The highest BCUT2D eigenvalue weighted by Crippen LogP contribution is 2.17. The Morgan fingerprint density at radius 1 is 1.24 bits per heavy atom. The van der Waals surface area contributed by atoms with Gasteiger partial charge in [0.05, 0.1) is 0 Å². The first-order chi connectivity index (χ1) is 12.1. The summed E-state index contributed by atoms with van der Waals surface area (Å²) in [5.41, 5.74) is 1.64. The second kappa shape index (κ2) is 7.96. The van der Waals surface area contributed by atoms with Crippen molar-refractivity contribution in [1.82, 2.24) is 15.3 Å². The highest BCUT2D eigenvalue weighted by Gasteiger charge is 2.23. The Balaban J connectivity index is 1.62. The van der Waals surface area contributed by atoms with Gasteiger partial charge in [-0.15, -0.1) is 0 Å². The Kier molecular flexibility index (Phi) is 5.48. The average molecular weight is 339 g/mol. The van der Waals surface area contributed by atoms with Gasteiger partial charge in [0.1, 0.15) is 0 Å². The zero-order chi connectivity index (χ0) is 17.6. The van der Waals surface area contributed by atoms with Crippen LogP contribution >= 0.6 is 0 Å². The molecule has 0 bridgehead atoms. The molecule has 1 atom stereocenters. The van der Waals surface area contributed by atoms with Gasteiger partial charge in [-0.25, -0.2) is 9.97 Å². The summed E-state index contributed by atoms with van der Waals surface area (Å²) in [6, 6.07) is 9.88. The number of rotatable bonds is 5. The molecule has 0 saturated carbocycles. The number of piperidine rings is 1. The molecule has 1 fully saturated rings. The largest absolute Gasteiger partial charge is 0.383 e. The number of carbonyl (C=O) groups excluding carboxylic acids is 1. The van der Waals surface area contributed by atoms with Crippen molar-refractivity contribution >= 4 is 17.5 Å². The first-order valence-corrected chi connectivity index (χ1v) is 8.81. The van der Waals surface area contributed by atoms with Crippen LogP contribution in [-0.4, -0.2) is 41.0 Å². The maximum atomic E-state index is 12.6. The molecule has 0 unspecified atom stereocenters. The van der Waals surface area contributed by atoms with E-state index in [-0.39, 0.29) is 11.9 Å². The lowest BCUT2D eigenvalue weighted by Gasteiger charge is -2.33. The average Bonchev–Trinajstić information content (AvgIpc) is 2.62. The van der Waals surface area contributed by atoms with E-state index >= 15 is 0 Å². The zero-order valence-corrected chi connectivity index (χ0v) is 14.8. The summed E-state index contributed by atoms with van der Waals surface area (Å²) in [6.07, 6.45) is 5.48. The number of hydrogen-bond donors (Lipinski definition) is 2. The summed E-state index contributed by atoms with van der Waals surface area (Å²) in [5.74, 6) is 0.692. The first-order valence-electron chi connectivity index (χ1n) is 8.81. The summed E-state index contributed by atoms with van der Waals surface area (Å²) < 4.78 is 0. The van der Waals surface area contributed by atoms with Gasteiger partial charge in [0.2, 0.25) is 5.95 Å². The summed E-state index contributed by atoms with van der Waals surface area (Å²) in [6.45, 7) is 5.81. The summed E-state index contributed by atoms with van der Waals surface area (Å²) in [5, 5.41) is 6.48. The van der Waals surface area contributed by atoms with Crippen molar-refractivity contribution in [3.63, 3.8) is 0 Å². The van der Waals surface area contributed by atoms with Gasteiger partial charge >= 0.3 is 0 Å². The van der Waals surface area contributed by atoms with Gasteiger partial charge in [-0.2, -0.15) is 0 Å². The van der Waals surface area contributed by atoms with Gasteiger partial charge in [0, 0.05) is 48.8 Å². The van der Waals surface area contributed by atoms with E-state index in [0.29, 0.717) is 11.6 Å². The molecule has 2 N–H and O–H groups in total. The molecule has 1 aromatic carbocycles. The molecule has 6 nitrogen and oxygen atoms in total. The van der Waals surface area contributed by atoms with Crippen LogP contribution in [0.5, 0.6) is 0 Å². The monoisotopic (exact) mass is 339 g/mol. The lowest BCUT2D eigenvalue weighted by Crippen LogP contribution is -2.48. The van der Waals surface area contributed by atoms with Crippen LogP contribution in [0.2, 0.25) is 0 Å². The molecule has 0 aliphatic carbocycles. The van der Waals surface area contributed by atoms with Crippen molar-refractivity contribution in [3.8, 4) is 0 Å². The van der Waals surface area contributed by atoms with Gasteiger partial charge in [-0.05, 0) is 51.0 Å². The predicted octanol–water partition coefficient (Wildman–Crippen LogP) is 2.70. The van der Waals surface area contributed by atoms with Crippen molar-refractivity contribution in [2.75, 3.05) is 23.3 Å². The van der Waals surface area contributed by atoms with Crippen molar-refractivity contribution in [1.29, 1.82) is 0 Å². The SMILES string of the molecule is CC(C)Nc1cccc(C(=O)N[C@@H]2CCCN(c3ncccn3)C2)c1. The van der Waals surface area contributed by atoms with Crippen molar-refractivity contribution in [3.05, 3.63) is 48.3 Å².